The van der Waals surface area contributed by atoms with E-state index in [0.717, 1.165) is 6.42 Å². The van der Waals surface area contributed by atoms with Gasteiger partial charge < -0.3 is 20.5 Å². The normalized spacial score (nSPS) is 18.3. The summed E-state index contributed by atoms with van der Waals surface area (Å²) < 4.78 is 5.22. The fraction of sp³-hybridized carbons (Fsp3) is 0.938. The van der Waals surface area contributed by atoms with Crippen molar-refractivity contribution in [2.45, 2.75) is 64.9 Å². The molecule has 0 bridgehead atoms. The Bertz CT molecular complexity index is 313. The third-order valence-corrected chi connectivity index (χ3v) is 4.19. The Hall–Kier alpha value is -0.810. The van der Waals surface area contributed by atoms with Gasteiger partial charge in [-0.1, -0.05) is 40.0 Å². The number of nitrogens with one attached hydrogen (secondary N) is 2. The number of hydrogen-bond donors (Lipinski definition) is 3. The first-order valence-electron chi connectivity index (χ1n) is 8.19. The molecule has 1 rings (SSSR count). The third-order valence-electron chi connectivity index (χ3n) is 4.19. The number of ether oxygens (including phenoxy) is 1. The molecule has 0 aliphatic carbocycles. The Morgan fingerprint density at radius 2 is 1.90 bits per heavy atom. The second-order valence-electron chi connectivity index (χ2n) is 6.99. The van der Waals surface area contributed by atoms with E-state index in [-0.39, 0.29) is 11.4 Å². The Labute approximate surface area is 128 Å². The molecule has 1 fully saturated rings. The highest BCUT2D eigenvalue weighted by Crippen LogP contribution is 2.22. The first-order valence-corrected chi connectivity index (χ1v) is 8.19. The van der Waals surface area contributed by atoms with Gasteiger partial charge in [0, 0.05) is 39.1 Å². The van der Waals surface area contributed by atoms with Gasteiger partial charge >= 0.3 is 6.03 Å². The van der Waals surface area contributed by atoms with Crippen molar-refractivity contribution in [3.8, 4) is 0 Å². The van der Waals surface area contributed by atoms with Gasteiger partial charge in [-0.2, -0.15) is 0 Å². The quantitative estimate of drug-likeness (QED) is 0.603. The fourth-order valence-electron chi connectivity index (χ4n) is 2.50. The van der Waals surface area contributed by atoms with Crippen LogP contribution in [0, 0.1) is 5.41 Å². The minimum absolute atomic E-state index is 0.113. The first kappa shape index (κ1) is 18.2. The molecule has 0 spiro atoms. The van der Waals surface area contributed by atoms with Gasteiger partial charge in [-0.25, -0.2) is 4.79 Å². The summed E-state index contributed by atoms with van der Waals surface area (Å²) in [5.74, 6) is 0. The Morgan fingerprint density at radius 1 is 1.24 bits per heavy atom. The van der Waals surface area contributed by atoms with Crippen LogP contribution in [0.2, 0.25) is 0 Å². The number of carbonyl (C=O) groups excluding carboxylic acids is 1. The maximum atomic E-state index is 11.8. The van der Waals surface area contributed by atoms with Gasteiger partial charge in [0.2, 0.25) is 0 Å². The molecule has 3 N–H and O–H groups in total. The minimum atomic E-state index is -0.813. The zero-order chi connectivity index (χ0) is 15.8. The minimum Gasteiger partial charge on any atom is -0.388 e. The van der Waals surface area contributed by atoms with Crippen LogP contribution in [0.3, 0.4) is 0 Å². The average Bonchev–Trinajstić information content (AvgIpc) is 2.44. The molecule has 2 amide bonds. The van der Waals surface area contributed by atoms with Crippen molar-refractivity contribution >= 4 is 6.03 Å². The van der Waals surface area contributed by atoms with Crippen LogP contribution in [-0.2, 0) is 4.74 Å². The molecular formula is C16H32N2O3. The van der Waals surface area contributed by atoms with Crippen molar-refractivity contribution in [3.05, 3.63) is 0 Å². The number of urea groups is 1. The lowest BCUT2D eigenvalue weighted by atomic mass is 9.87. The van der Waals surface area contributed by atoms with Crippen LogP contribution in [0.4, 0.5) is 4.79 Å². The molecule has 124 valence electrons. The molecule has 1 aliphatic heterocycles. The second kappa shape index (κ2) is 8.59. The SMILES string of the molecule is CCCCCC(C)(C)CNC(=O)NCC1(O)CCOCC1. The monoisotopic (exact) mass is 300 g/mol. The molecule has 1 aliphatic rings. The van der Waals surface area contributed by atoms with E-state index in [9.17, 15) is 9.90 Å². The molecule has 0 radical (unpaired) electrons. The second-order valence-corrected chi connectivity index (χ2v) is 6.99. The maximum Gasteiger partial charge on any atom is 0.314 e. The summed E-state index contributed by atoms with van der Waals surface area (Å²) in [4.78, 5) is 11.8. The zero-order valence-electron chi connectivity index (χ0n) is 13.8. The van der Waals surface area contributed by atoms with E-state index in [1.807, 2.05) is 0 Å². The predicted molar refractivity (Wildman–Crippen MR) is 84.3 cm³/mol. The van der Waals surface area contributed by atoms with E-state index in [2.05, 4.69) is 31.4 Å². The highest BCUT2D eigenvalue weighted by Gasteiger charge is 2.30. The lowest BCUT2D eigenvalue weighted by molar-refractivity contribution is -0.0600. The van der Waals surface area contributed by atoms with Crippen molar-refractivity contribution in [2.75, 3.05) is 26.3 Å². The van der Waals surface area contributed by atoms with Crippen molar-refractivity contribution in [1.29, 1.82) is 0 Å². The van der Waals surface area contributed by atoms with Gasteiger partial charge in [0.25, 0.3) is 0 Å². The summed E-state index contributed by atoms with van der Waals surface area (Å²) in [6.07, 6.45) is 5.93. The van der Waals surface area contributed by atoms with Gasteiger partial charge in [0.1, 0.15) is 0 Å². The van der Waals surface area contributed by atoms with Gasteiger partial charge in [-0.3, -0.25) is 0 Å². The smallest absolute Gasteiger partial charge is 0.314 e. The molecule has 5 nitrogen and oxygen atoms in total. The van der Waals surface area contributed by atoms with Crippen LogP contribution in [0.1, 0.15) is 59.3 Å². The Kier molecular flexibility index (Phi) is 7.46. The van der Waals surface area contributed by atoms with E-state index in [1.165, 1.54) is 19.3 Å². The zero-order valence-corrected chi connectivity index (χ0v) is 13.8. The summed E-state index contributed by atoms with van der Waals surface area (Å²) in [6, 6.07) is -0.196. The van der Waals surface area contributed by atoms with E-state index in [0.29, 0.717) is 39.1 Å². The largest absolute Gasteiger partial charge is 0.388 e. The van der Waals surface area contributed by atoms with Crippen LogP contribution in [-0.4, -0.2) is 43.0 Å². The molecule has 21 heavy (non-hydrogen) atoms. The number of unbranched alkanes of at least 4 members (excludes halogenated alkanes) is 2. The van der Waals surface area contributed by atoms with Crippen molar-refractivity contribution in [2.24, 2.45) is 5.41 Å². The lowest BCUT2D eigenvalue weighted by Gasteiger charge is -2.32. The average molecular weight is 300 g/mol. The van der Waals surface area contributed by atoms with Crippen LogP contribution in [0.25, 0.3) is 0 Å². The molecule has 0 aromatic heterocycles. The molecular weight excluding hydrogens is 268 g/mol. The Balaban J connectivity index is 2.20. The number of rotatable bonds is 8. The molecule has 1 heterocycles. The van der Waals surface area contributed by atoms with Gasteiger partial charge in [0.05, 0.1) is 5.60 Å². The molecule has 0 unspecified atom stereocenters. The fourth-order valence-corrected chi connectivity index (χ4v) is 2.50. The van der Waals surface area contributed by atoms with Crippen LogP contribution >= 0.6 is 0 Å². The molecule has 5 heteroatoms. The number of hydrogen-bond acceptors (Lipinski definition) is 3. The number of amides is 2. The van der Waals surface area contributed by atoms with Crippen LogP contribution < -0.4 is 10.6 Å². The van der Waals surface area contributed by atoms with E-state index in [1.54, 1.807) is 0 Å². The van der Waals surface area contributed by atoms with Crippen LogP contribution in [0.15, 0.2) is 0 Å². The van der Waals surface area contributed by atoms with Crippen LogP contribution in [0.5, 0.6) is 0 Å². The van der Waals surface area contributed by atoms with Gasteiger partial charge in [-0.05, 0) is 11.8 Å². The maximum absolute atomic E-state index is 11.8. The van der Waals surface area contributed by atoms with Gasteiger partial charge in [-0.15, -0.1) is 0 Å². The van der Waals surface area contributed by atoms with E-state index < -0.39 is 5.60 Å². The molecule has 0 aromatic carbocycles. The Morgan fingerprint density at radius 3 is 2.52 bits per heavy atom. The predicted octanol–water partition coefficient (Wildman–Crippen LogP) is 2.43. The van der Waals surface area contributed by atoms with Crippen molar-refractivity contribution in [1.82, 2.24) is 10.6 Å². The summed E-state index contributed by atoms with van der Waals surface area (Å²) >= 11 is 0. The number of carbonyl (C=O) groups is 1. The molecule has 0 aromatic rings. The third kappa shape index (κ3) is 7.67. The summed E-state index contributed by atoms with van der Waals surface area (Å²) in [5.41, 5.74) is -0.700. The highest BCUT2D eigenvalue weighted by molar-refractivity contribution is 5.73. The van der Waals surface area contributed by atoms with Crippen molar-refractivity contribution < 1.29 is 14.6 Å². The highest BCUT2D eigenvalue weighted by atomic mass is 16.5. The molecule has 1 saturated heterocycles. The first-order chi connectivity index (χ1) is 9.87. The van der Waals surface area contributed by atoms with E-state index >= 15 is 0 Å². The number of aliphatic hydroxyl groups is 1. The van der Waals surface area contributed by atoms with Gasteiger partial charge in [0.15, 0.2) is 0 Å². The summed E-state index contributed by atoms with van der Waals surface area (Å²) in [6.45, 7) is 8.61. The van der Waals surface area contributed by atoms with E-state index in [4.69, 9.17) is 4.74 Å². The standard InChI is InChI=1S/C16H32N2O3/c1-4-5-6-7-15(2,3)12-17-14(19)18-13-16(20)8-10-21-11-9-16/h20H,4-13H2,1-3H3,(H2,17,18,19). The molecule has 0 atom stereocenters. The topological polar surface area (TPSA) is 70.6 Å². The summed E-state index contributed by atoms with van der Waals surface area (Å²) in [5, 5.41) is 16.0. The van der Waals surface area contributed by atoms with Crippen molar-refractivity contribution in [3.63, 3.8) is 0 Å². The summed E-state index contributed by atoms with van der Waals surface area (Å²) in [7, 11) is 0. The molecule has 0 saturated carbocycles. The lowest BCUT2D eigenvalue weighted by Crippen LogP contribution is -2.50.